The molecule has 1 aliphatic rings. The van der Waals surface area contributed by atoms with Crippen LogP contribution in [0.4, 0.5) is 0 Å². The van der Waals surface area contributed by atoms with Crippen molar-refractivity contribution in [3.8, 4) is 0 Å². The van der Waals surface area contributed by atoms with E-state index in [4.69, 9.17) is 0 Å². The van der Waals surface area contributed by atoms with Crippen LogP contribution < -0.4 is 0 Å². The van der Waals surface area contributed by atoms with Gasteiger partial charge in [-0.1, -0.05) is 0 Å². The summed E-state index contributed by atoms with van der Waals surface area (Å²) in [5, 5.41) is 0. The molecule has 0 heterocycles. The first-order valence-electron chi connectivity index (χ1n) is 2.07. The van der Waals surface area contributed by atoms with Crippen LogP contribution in [0.2, 0.25) is 4.82 Å². The van der Waals surface area contributed by atoms with Gasteiger partial charge in [-0.3, -0.25) is 0 Å². The number of hydrogen-bond acceptors (Lipinski definition) is 0. The fourth-order valence-electron chi connectivity index (χ4n) is 0.387. The summed E-state index contributed by atoms with van der Waals surface area (Å²) in [4.78, 5) is 1.00. The fraction of sp³-hybridized carbons (Fsp3) is 1.00. The average Bonchev–Trinajstić information content (AvgIpc) is 1.30. The Morgan fingerprint density at radius 2 is 1.80 bits per heavy atom. The van der Waals surface area contributed by atoms with Gasteiger partial charge in [-0.2, -0.15) is 0 Å². The van der Waals surface area contributed by atoms with Crippen LogP contribution in [0.15, 0.2) is 0 Å². The van der Waals surface area contributed by atoms with Gasteiger partial charge >= 0.3 is 40.1 Å². The van der Waals surface area contributed by atoms with Crippen molar-refractivity contribution in [2.75, 3.05) is 0 Å². The SMILES string of the molecule is [SeH]C1CCC1. The Morgan fingerprint density at radius 1 is 1.40 bits per heavy atom. The molecule has 0 radical (unpaired) electrons. The van der Waals surface area contributed by atoms with E-state index in [2.05, 4.69) is 16.0 Å². The third-order valence-electron chi connectivity index (χ3n) is 1.07. The second-order valence-electron chi connectivity index (χ2n) is 1.58. The Hall–Kier alpha value is 0.519. The second kappa shape index (κ2) is 1.32. The van der Waals surface area contributed by atoms with E-state index in [1.54, 1.807) is 0 Å². The van der Waals surface area contributed by atoms with Crippen LogP contribution in [0, 0.1) is 0 Å². The van der Waals surface area contributed by atoms with Crippen LogP contribution in [-0.2, 0) is 0 Å². The van der Waals surface area contributed by atoms with E-state index in [0.29, 0.717) is 0 Å². The van der Waals surface area contributed by atoms with Gasteiger partial charge in [-0.05, 0) is 0 Å². The van der Waals surface area contributed by atoms with Crippen LogP contribution in [0.1, 0.15) is 19.3 Å². The standard InChI is InChI=1S/C4H8Se/c5-4-2-1-3-4/h4-5H,1-3H2. The summed E-state index contributed by atoms with van der Waals surface area (Å²) in [5.41, 5.74) is 0. The van der Waals surface area contributed by atoms with Gasteiger partial charge in [0.2, 0.25) is 0 Å². The number of hydrogen-bond donors (Lipinski definition) is 0. The Labute approximate surface area is 40.8 Å². The molecule has 0 atom stereocenters. The average molecular weight is 135 g/mol. The zero-order valence-electron chi connectivity index (χ0n) is 3.15. The molecule has 0 aromatic rings. The van der Waals surface area contributed by atoms with Gasteiger partial charge in [-0.25, -0.2) is 0 Å². The first-order chi connectivity index (χ1) is 2.39. The molecule has 5 heavy (non-hydrogen) atoms. The van der Waals surface area contributed by atoms with Crippen LogP contribution in [0.5, 0.6) is 0 Å². The first kappa shape index (κ1) is 3.70. The van der Waals surface area contributed by atoms with E-state index in [9.17, 15) is 0 Å². The Kier molecular flexibility index (Phi) is 0.975. The molecular formula is C4H8Se. The molecule has 0 N–H and O–H groups in total. The first-order valence-corrected chi connectivity index (χ1v) is 3.16. The molecule has 1 heteroatoms. The summed E-state index contributed by atoms with van der Waals surface area (Å²) < 4.78 is 0. The van der Waals surface area contributed by atoms with E-state index in [1.807, 2.05) is 0 Å². The molecule has 0 saturated heterocycles. The van der Waals surface area contributed by atoms with Gasteiger partial charge in [-0.15, -0.1) is 0 Å². The molecule has 1 fully saturated rings. The zero-order chi connectivity index (χ0) is 3.70. The van der Waals surface area contributed by atoms with Crippen molar-refractivity contribution in [2.24, 2.45) is 0 Å². The minimum atomic E-state index is 1.00. The maximum atomic E-state index is 2.69. The van der Waals surface area contributed by atoms with Crippen LogP contribution >= 0.6 is 0 Å². The molecule has 0 bridgehead atoms. The summed E-state index contributed by atoms with van der Waals surface area (Å²) in [5.74, 6) is 0. The van der Waals surface area contributed by atoms with Crippen molar-refractivity contribution in [3.63, 3.8) is 0 Å². The van der Waals surface area contributed by atoms with Gasteiger partial charge in [0.1, 0.15) is 0 Å². The van der Waals surface area contributed by atoms with Crippen molar-refractivity contribution in [3.05, 3.63) is 0 Å². The molecule has 0 aromatic carbocycles. The van der Waals surface area contributed by atoms with Crippen molar-refractivity contribution in [1.29, 1.82) is 0 Å². The molecule has 0 unspecified atom stereocenters. The summed E-state index contributed by atoms with van der Waals surface area (Å²) in [7, 11) is 0. The van der Waals surface area contributed by atoms with Gasteiger partial charge in [0.05, 0.1) is 0 Å². The molecule has 1 aliphatic carbocycles. The van der Waals surface area contributed by atoms with E-state index >= 15 is 0 Å². The Bertz CT molecular complexity index is 30.6. The fourth-order valence-corrected chi connectivity index (χ4v) is 1.15. The Morgan fingerprint density at radius 3 is 1.80 bits per heavy atom. The third-order valence-corrected chi connectivity index (χ3v) is 2.16. The molecular weight excluding hydrogens is 127 g/mol. The predicted molar refractivity (Wildman–Crippen MR) is 24.7 cm³/mol. The van der Waals surface area contributed by atoms with Crippen LogP contribution in [0.25, 0.3) is 0 Å². The van der Waals surface area contributed by atoms with Crippen LogP contribution in [-0.4, -0.2) is 16.0 Å². The van der Waals surface area contributed by atoms with Gasteiger partial charge in [0, 0.05) is 0 Å². The zero-order valence-corrected chi connectivity index (χ0v) is 5.02. The van der Waals surface area contributed by atoms with E-state index in [-0.39, 0.29) is 0 Å². The van der Waals surface area contributed by atoms with Gasteiger partial charge < -0.3 is 0 Å². The second-order valence-corrected chi connectivity index (χ2v) is 3.12. The van der Waals surface area contributed by atoms with Crippen molar-refractivity contribution < 1.29 is 0 Å². The van der Waals surface area contributed by atoms with E-state index < -0.39 is 0 Å². The summed E-state index contributed by atoms with van der Waals surface area (Å²) in [6.07, 6.45) is 4.39. The number of rotatable bonds is 0. The minimum absolute atomic E-state index is 1.00. The summed E-state index contributed by atoms with van der Waals surface area (Å²) in [6, 6.07) is 0. The summed E-state index contributed by atoms with van der Waals surface area (Å²) >= 11 is 2.69. The molecule has 0 aromatic heterocycles. The van der Waals surface area contributed by atoms with Crippen molar-refractivity contribution >= 4 is 16.0 Å². The van der Waals surface area contributed by atoms with Crippen molar-refractivity contribution in [2.45, 2.75) is 24.1 Å². The monoisotopic (exact) mass is 136 g/mol. The molecule has 0 amide bonds. The van der Waals surface area contributed by atoms with Gasteiger partial charge in [0.25, 0.3) is 0 Å². The third kappa shape index (κ3) is 0.675. The topological polar surface area (TPSA) is 0 Å². The quantitative estimate of drug-likeness (QED) is 0.432. The predicted octanol–water partition coefficient (Wildman–Crippen LogP) is 0.860. The molecule has 0 aliphatic heterocycles. The molecule has 0 spiro atoms. The summed E-state index contributed by atoms with van der Waals surface area (Å²) in [6.45, 7) is 0. The molecule has 30 valence electrons. The van der Waals surface area contributed by atoms with E-state index in [0.717, 1.165) is 4.82 Å². The molecule has 0 nitrogen and oxygen atoms in total. The Balaban J connectivity index is 2.08. The molecule has 1 saturated carbocycles. The van der Waals surface area contributed by atoms with E-state index in [1.165, 1.54) is 19.3 Å². The maximum absolute atomic E-state index is 2.69. The van der Waals surface area contributed by atoms with Gasteiger partial charge in [0.15, 0.2) is 0 Å². The van der Waals surface area contributed by atoms with Crippen molar-refractivity contribution in [1.82, 2.24) is 0 Å². The normalized spacial score (nSPS) is 25.8. The van der Waals surface area contributed by atoms with Crippen LogP contribution in [0.3, 0.4) is 0 Å². The molecule has 1 rings (SSSR count).